The van der Waals surface area contributed by atoms with Gasteiger partial charge in [-0.1, -0.05) is 37.6 Å². The van der Waals surface area contributed by atoms with Crippen LogP contribution in [0.25, 0.3) is 0 Å². The van der Waals surface area contributed by atoms with E-state index in [1.807, 2.05) is 6.92 Å². The van der Waals surface area contributed by atoms with Crippen molar-refractivity contribution in [3.63, 3.8) is 0 Å². The number of carbonyl (C=O) groups excluding carboxylic acids is 3. The topological polar surface area (TPSA) is 131 Å². The number of hydrogen-bond acceptors (Lipinski definition) is 6. The van der Waals surface area contributed by atoms with Gasteiger partial charge in [0.05, 0.1) is 16.1 Å². The second-order valence-electron chi connectivity index (χ2n) is 7.15. The van der Waals surface area contributed by atoms with E-state index in [1.54, 1.807) is 32.0 Å². The first-order chi connectivity index (χ1) is 15.1. The normalized spacial score (nSPS) is 10.8. The monoisotopic (exact) mass is 461 g/mol. The number of imide groups is 1. The van der Waals surface area contributed by atoms with Crippen LogP contribution in [-0.2, 0) is 19.6 Å². The highest BCUT2D eigenvalue weighted by molar-refractivity contribution is 7.92. The largest absolute Gasteiger partial charge is 0.452 e. The van der Waals surface area contributed by atoms with Crippen LogP contribution in [0.2, 0.25) is 0 Å². The van der Waals surface area contributed by atoms with Crippen molar-refractivity contribution in [3.05, 3.63) is 59.2 Å². The van der Waals surface area contributed by atoms with E-state index in [1.165, 1.54) is 24.3 Å². The molecule has 2 rings (SSSR count). The van der Waals surface area contributed by atoms with Crippen molar-refractivity contribution in [1.29, 1.82) is 0 Å². The molecule has 3 N–H and O–H groups in total. The molecule has 0 aliphatic rings. The Labute approximate surface area is 187 Å². The Morgan fingerprint density at radius 1 is 1.03 bits per heavy atom. The fraction of sp³-hybridized carbons (Fsp3) is 0.318. The zero-order valence-electron chi connectivity index (χ0n) is 18.2. The highest BCUT2D eigenvalue weighted by Crippen LogP contribution is 2.23. The van der Waals surface area contributed by atoms with Crippen molar-refractivity contribution in [2.45, 2.75) is 38.5 Å². The Hall–Kier alpha value is -3.40. The van der Waals surface area contributed by atoms with Gasteiger partial charge in [0.2, 0.25) is 0 Å². The number of urea groups is 1. The average Bonchev–Trinajstić information content (AvgIpc) is 2.74. The van der Waals surface area contributed by atoms with E-state index in [4.69, 9.17) is 4.74 Å². The third kappa shape index (κ3) is 7.09. The molecule has 0 atom stereocenters. The lowest BCUT2D eigenvalue weighted by molar-refractivity contribution is -0.123. The van der Waals surface area contributed by atoms with E-state index in [2.05, 4.69) is 15.4 Å². The molecular formula is C22H27N3O6S. The van der Waals surface area contributed by atoms with Gasteiger partial charge in [-0.15, -0.1) is 0 Å². The number of rotatable bonds is 9. The molecule has 32 heavy (non-hydrogen) atoms. The molecule has 0 saturated heterocycles. The number of esters is 1. The Bertz CT molecular complexity index is 1100. The number of sulfonamides is 1. The molecule has 0 unspecified atom stereocenters. The molecule has 0 bridgehead atoms. The van der Waals surface area contributed by atoms with Gasteiger partial charge in [0, 0.05) is 6.54 Å². The summed E-state index contributed by atoms with van der Waals surface area (Å²) in [5.41, 5.74) is 1.27. The second-order valence-corrected chi connectivity index (χ2v) is 8.80. The predicted octanol–water partition coefficient (Wildman–Crippen LogP) is 2.89. The number of hydrogen-bond donors (Lipinski definition) is 3. The fourth-order valence-electron chi connectivity index (χ4n) is 2.74. The van der Waals surface area contributed by atoms with Gasteiger partial charge < -0.3 is 10.1 Å². The van der Waals surface area contributed by atoms with Crippen LogP contribution in [0.5, 0.6) is 0 Å². The lowest BCUT2D eigenvalue weighted by atomic mass is 10.2. The molecule has 0 aromatic heterocycles. The van der Waals surface area contributed by atoms with Crippen molar-refractivity contribution >= 4 is 33.6 Å². The minimum absolute atomic E-state index is 0.0103. The molecule has 172 valence electrons. The van der Waals surface area contributed by atoms with Gasteiger partial charge >= 0.3 is 12.0 Å². The van der Waals surface area contributed by atoms with Gasteiger partial charge in [-0.3, -0.25) is 14.8 Å². The minimum Gasteiger partial charge on any atom is -0.452 e. The SMILES string of the molecule is CCCCNC(=O)NC(=O)COC(=O)c1ccccc1NS(=O)(=O)c1cc(C)ccc1C. The van der Waals surface area contributed by atoms with E-state index in [0.717, 1.165) is 18.4 Å². The number of para-hydroxylation sites is 1. The molecule has 0 spiro atoms. The van der Waals surface area contributed by atoms with Crippen LogP contribution < -0.4 is 15.4 Å². The molecule has 10 heteroatoms. The third-order valence-corrected chi connectivity index (χ3v) is 5.94. The van der Waals surface area contributed by atoms with Gasteiger partial charge in [0.1, 0.15) is 0 Å². The van der Waals surface area contributed by atoms with Crippen molar-refractivity contribution in [2.75, 3.05) is 17.9 Å². The van der Waals surface area contributed by atoms with Gasteiger partial charge in [0.15, 0.2) is 6.61 Å². The molecule has 0 aliphatic carbocycles. The number of unbranched alkanes of at least 4 members (excludes halogenated alkanes) is 1. The molecule has 3 amide bonds. The summed E-state index contributed by atoms with van der Waals surface area (Å²) >= 11 is 0. The van der Waals surface area contributed by atoms with E-state index < -0.39 is 34.5 Å². The van der Waals surface area contributed by atoms with E-state index >= 15 is 0 Å². The standard InChI is InChI=1S/C22H27N3O6S/c1-4-5-12-23-22(28)24-20(26)14-31-21(27)17-8-6-7-9-18(17)25-32(29,30)19-13-15(2)10-11-16(19)3/h6-11,13,25H,4-5,12,14H2,1-3H3,(H2,23,24,26,28). The minimum atomic E-state index is -3.97. The summed E-state index contributed by atoms with van der Waals surface area (Å²) < 4.78 is 33.1. The van der Waals surface area contributed by atoms with Crippen LogP contribution >= 0.6 is 0 Å². The van der Waals surface area contributed by atoms with Gasteiger partial charge in [-0.05, 0) is 49.6 Å². The molecule has 0 saturated carbocycles. The first kappa shape index (κ1) is 24.9. The lowest BCUT2D eigenvalue weighted by Gasteiger charge is -2.14. The number of nitrogens with one attached hydrogen (secondary N) is 3. The maximum Gasteiger partial charge on any atom is 0.340 e. The molecule has 0 radical (unpaired) electrons. The molecule has 0 aliphatic heterocycles. The molecule has 0 fully saturated rings. The highest BCUT2D eigenvalue weighted by Gasteiger charge is 2.21. The summed E-state index contributed by atoms with van der Waals surface area (Å²) in [7, 11) is -3.97. The quantitative estimate of drug-likeness (QED) is 0.389. The molecular weight excluding hydrogens is 434 g/mol. The molecule has 2 aromatic carbocycles. The maximum absolute atomic E-state index is 12.9. The van der Waals surface area contributed by atoms with Crippen LogP contribution in [-0.4, -0.2) is 39.5 Å². The number of benzene rings is 2. The van der Waals surface area contributed by atoms with Crippen molar-refractivity contribution < 1.29 is 27.5 Å². The van der Waals surface area contributed by atoms with E-state index in [0.29, 0.717) is 12.1 Å². The van der Waals surface area contributed by atoms with E-state index in [9.17, 15) is 22.8 Å². The first-order valence-electron chi connectivity index (χ1n) is 10.1. The van der Waals surface area contributed by atoms with Crippen LogP contribution in [0.1, 0.15) is 41.3 Å². The first-order valence-corrected chi connectivity index (χ1v) is 11.6. The van der Waals surface area contributed by atoms with Crippen LogP contribution in [0.3, 0.4) is 0 Å². The summed E-state index contributed by atoms with van der Waals surface area (Å²) in [6.45, 7) is 5.13. The van der Waals surface area contributed by atoms with Gasteiger partial charge in [-0.2, -0.15) is 0 Å². The third-order valence-electron chi connectivity index (χ3n) is 4.43. The molecule has 2 aromatic rings. The number of aryl methyl sites for hydroxylation is 2. The summed E-state index contributed by atoms with van der Waals surface area (Å²) in [5.74, 6) is -1.72. The Morgan fingerprint density at radius 2 is 1.75 bits per heavy atom. The van der Waals surface area contributed by atoms with E-state index in [-0.39, 0.29) is 16.1 Å². The lowest BCUT2D eigenvalue weighted by Crippen LogP contribution is -2.41. The number of carbonyl (C=O) groups is 3. The smallest absolute Gasteiger partial charge is 0.340 e. The van der Waals surface area contributed by atoms with Crippen LogP contribution in [0, 0.1) is 13.8 Å². The number of ether oxygens (including phenoxy) is 1. The zero-order chi connectivity index (χ0) is 23.7. The predicted molar refractivity (Wildman–Crippen MR) is 120 cm³/mol. The highest BCUT2D eigenvalue weighted by atomic mass is 32.2. The summed E-state index contributed by atoms with van der Waals surface area (Å²) in [5, 5.41) is 4.56. The van der Waals surface area contributed by atoms with Crippen molar-refractivity contribution in [3.8, 4) is 0 Å². The van der Waals surface area contributed by atoms with Crippen molar-refractivity contribution in [1.82, 2.24) is 10.6 Å². The summed E-state index contributed by atoms with van der Waals surface area (Å²) in [4.78, 5) is 36.0. The summed E-state index contributed by atoms with van der Waals surface area (Å²) in [6.07, 6.45) is 1.66. The Balaban J connectivity index is 2.06. The van der Waals surface area contributed by atoms with Crippen LogP contribution in [0.15, 0.2) is 47.4 Å². The van der Waals surface area contributed by atoms with Gasteiger partial charge in [-0.25, -0.2) is 18.0 Å². The fourth-order valence-corrected chi connectivity index (χ4v) is 4.15. The maximum atomic E-state index is 12.9. The number of anilines is 1. The molecule has 9 nitrogen and oxygen atoms in total. The summed E-state index contributed by atoms with van der Waals surface area (Å²) in [6, 6.07) is 10.2. The Kier molecular flexibility index (Phi) is 8.77. The molecule has 0 heterocycles. The average molecular weight is 462 g/mol. The zero-order valence-corrected chi connectivity index (χ0v) is 19.0. The second kappa shape index (κ2) is 11.3. The van der Waals surface area contributed by atoms with Crippen LogP contribution in [0.4, 0.5) is 10.5 Å². The van der Waals surface area contributed by atoms with Gasteiger partial charge in [0.25, 0.3) is 15.9 Å². The van der Waals surface area contributed by atoms with Crippen molar-refractivity contribution in [2.24, 2.45) is 0 Å². The number of amides is 3. The Morgan fingerprint density at radius 3 is 2.47 bits per heavy atom.